The van der Waals surface area contributed by atoms with Gasteiger partial charge in [0.2, 0.25) is 0 Å². The number of nitrogens with one attached hydrogen (secondary N) is 1. The molecule has 0 saturated heterocycles. The number of carbonyl (C=O) groups excluding carboxylic acids is 1. The van der Waals surface area contributed by atoms with Crippen molar-refractivity contribution in [2.24, 2.45) is 0 Å². The molecule has 2 rings (SSSR count). The fourth-order valence-electron chi connectivity index (χ4n) is 2.23. The third kappa shape index (κ3) is 5.93. The summed E-state index contributed by atoms with van der Waals surface area (Å²) in [4.78, 5) is 23.2. The molecule has 2 aromatic carbocycles. The number of alkyl carbamates (subject to hydrolysis) is 1. The first-order valence-electron chi connectivity index (χ1n) is 7.52. The third-order valence-electron chi connectivity index (χ3n) is 3.46. The summed E-state index contributed by atoms with van der Waals surface area (Å²) in [6, 6.07) is 13.8. The second-order valence-corrected chi connectivity index (χ2v) is 6.41. The van der Waals surface area contributed by atoms with E-state index in [0.717, 1.165) is 9.13 Å². The van der Waals surface area contributed by atoms with Crippen molar-refractivity contribution in [3.05, 3.63) is 63.2 Å². The highest BCUT2D eigenvalue weighted by atomic mass is 127. The number of amides is 1. The Bertz CT molecular complexity index is 736. The van der Waals surface area contributed by atoms with Gasteiger partial charge in [0.25, 0.3) is 0 Å². The molecule has 7 heteroatoms. The van der Waals surface area contributed by atoms with Gasteiger partial charge in [0.15, 0.2) is 0 Å². The van der Waals surface area contributed by atoms with Crippen LogP contribution in [0.25, 0.3) is 0 Å². The van der Waals surface area contributed by atoms with Gasteiger partial charge in [0.1, 0.15) is 12.4 Å². The molecular weight excluding hydrogens is 437 g/mol. The predicted molar refractivity (Wildman–Crippen MR) is 100 cm³/mol. The third-order valence-corrected chi connectivity index (χ3v) is 4.30. The monoisotopic (exact) mass is 455 g/mol. The van der Waals surface area contributed by atoms with Crippen LogP contribution >= 0.6 is 22.6 Å². The SMILES string of the molecule is COc1ccc(C(CC(=O)O)NC(=O)OCc2ccccc2)cc1I. The molecule has 132 valence electrons. The lowest BCUT2D eigenvalue weighted by atomic mass is 10.0. The molecule has 0 aliphatic carbocycles. The van der Waals surface area contributed by atoms with Gasteiger partial charge in [-0.3, -0.25) is 4.79 Å². The average molecular weight is 455 g/mol. The minimum absolute atomic E-state index is 0.118. The highest BCUT2D eigenvalue weighted by molar-refractivity contribution is 14.1. The second kappa shape index (κ2) is 9.26. The number of carbonyl (C=O) groups is 2. The van der Waals surface area contributed by atoms with Crippen LogP contribution < -0.4 is 10.1 Å². The Hall–Kier alpha value is -2.29. The van der Waals surface area contributed by atoms with Gasteiger partial charge in [0.05, 0.1) is 23.1 Å². The number of methoxy groups -OCH3 is 1. The van der Waals surface area contributed by atoms with Crippen molar-refractivity contribution in [2.45, 2.75) is 19.1 Å². The zero-order valence-corrected chi connectivity index (χ0v) is 15.7. The number of carboxylic acid groups (broad SMARTS) is 1. The van der Waals surface area contributed by atoms with Crippen molar-refractivity contribution >= 4 is 34.7 Å². The van der Waals surface area contributed by atoms with E-state index in [1.807, 2.05) is 30.3 Å². The Morgan fingerprint density at radius 3 is 2.52 bits per heavy atom. The van der Waals surface area contributed by atoms with Crippen molar-refractivity contribution in [3.8, 4) is 5.75 Å². The quantitative estimate of drug-likeness (QED) is 0.622. The summed E-state index contributed by atoms with van der Waals surface area (Å²) in [5, 5.41) is 11.7. The maximum Gasteiger partial charge on any atom is 0.407 e. The highest BCUT2D eigenvalue weighted by Crippen LogP contribution is 2.26. The first kappa shape index (κ1) is 19.0. The number of rotatable bonds is 7. The molecule has 1 unspecified atom stereocenters. The first-order valence-corrected chi connectivity index (χ1v) is 8.60. The molecule has 25 heavy (non-hydrogen) atoms. The Morgan fingerprint density at radius 1 is 1.20 bits per heavy atom. The van der Waals surface area contributed by atoms with Gasteiger partial charge in [-0.05, 0) is 45.9 Å². The molecule has 1 amide bonds. The van der Waals surface area contributed by atoms with Gasteiger partial charge in [-0.1, -0.05) is 36.4 Å². The van der Waals surface area contributed by atoms with E-state index in [9.17, 15) is 9.59 Å². The topological polar surface area (TPSA) is 84.9 Å². The molecule has 2 N–H and O–H groups in total. The lowest BCUT2D eigenvalue weighted by Gasteiger charge is -2.18. The molecule has 0 aromatic heterocycles. The average Bonchev–Trinajstić information content (AvgIpc) is 2.60. The van der Waals surface area contributed by atoms with Crippen LogP contribution in [0.15, 0.2) is 48.5 Å². The van der Waals surface area contributed by atoms with Gasteiger partial charge in [-0.15, -0.1) is 0 Å². The van der Waals surface area contributed by atoms with Crippen LogP contribution in [0.2, 0.25) is 0 Å². The summed E-state index contributed by atoms with van der Waals surface area (Å²) in [5.41, 5.74) is 1.52. The van der Waals surface area contributed by atoms with Gasteiger partial charge in [0, 0.05) is 0 Å². The summed E-state index contributed by atoms with van der Waals surface area (Å²) in [7, 11) is 1.56. The largest absolute Gasteiger partial charge is 0.496 e. The highest BCUT2D eigenvalue weighted by Gasteiger charge is 2.20. The fraction of sp³-hybridized carbons (Fsp3) is 0.222. The van der Waals surface area contributed by atoms with Gasteiger partial charge < -0.3 is 19.9 Å². The van der Waals surface area contributed by atoms with E-state index in [2.05, 4.69) is 27.9 Å². The van der Waals surface area contributed by atoms with Crippen molar-refractivity contribution in [3.63, 3.8) is 0 Å². The molecule has 0 heterocycles. The molecule has 0 spiro atoms. The van der Waals surface area contributed by atoms with E-state index in [1.165, 1.54) is 0 Å². The Kier molecular flexibility index (Phi) is 7.05. The number of carboxylic acids is 1. The Balaban J connectivity index is 2.05. The molecule has 0 bridgehead atoms. The number of halogens is 1. The zero-order valence-electron chi connectivity index (χ0n) is 13.6. The number of ether oxygens (including phenoxy) is 2. The zero-order chi connectivity index (χ0) is 18.2. The van der Waals surface area contributed by atoms with E-state index < -0.39 is 18.1 Å². The smallest absolute Gasteiger partial charge is 0.407 e. The normalized spacial score (nSPS) is 11.4. The molecule has 6 nitrogen and oxygen atoms in total. The molecule has 0 aliphatic heterocycles. The van der Waals surface area contributed by atoms with Crippen molar-refractivity contribution in [1.29, 1.82) is 0 Å². The fourth-order valence-corrected chi connectivity index (χ4v) is 2.99. The van der Waals surface area contributed by atoms with Crippen LogP contribution in [-0.2, 0) is 16.1 Å². The van der Waals surface area contributed by atoms with Crippen molar-refractivity contribution in [2.75, 3.05) is 7.11 Å². The predicted octanol–water partition coefficient (Wildman–Crippen LogP) is 3.74. The molecule has 1 atom stereocenters. The molecule has 0 radical (unpaired) electrons. The summed E-state index contributed by atoms with van der Waals surface area (Å²) in [6.07, 6.45) is -0.913. The molecule has 2 aromatic rings. The minimum atomic E-state index is -1.01. The van der Waals surface area contributed by atoms with E-state index >= 15 is 0 Å². The lowest BCUT2D eigenvalue weighted by molar-refractivity contribution is -0.137. The number of hydrogen-bond acceptors (Lipinski definition) is 4. The standard InChI is InChI=1S/C18H18INO5/c1-24-16-8-7-13(9-14(16)19)15(10-17(21)22)20-18(23)25-11-12-5-3-2-4-6-12/h2-9,15H,10-11H2,1H3,(H,20,23)(H,21,22). The molecule has 0 aliphatic rings. The summed E-state index contributed by atoms with van der Waals surface area (Å²) < 4.78 is 11.2. The van der Waals surface area contributed by atoms with E-state index in [4.69, 9.17) is 14.6 Å². The van der Waals surface area contributed by atoms with Crippen LogP contribution in [0, 0.1) is 3.57 Å². The number of hydrogen-bond donors (Lipinski definition) is 2. The van der Waals surface area contributed by atoms with Gasteiger partial charge >= 0.3 is 12.1 Å². The lowest BCUT2D eigenvalue weighted by Crippen LogP contribution is -2.30. The van der Waals surface area contributed by atoms with E-state index in [-0.39, 0.29) is 13.0 Å². The molecule has 0 saturated carbocycles. The maximum atomic E-state index is 12.0. The summed E-state index contributed by atoms with van der Waals surface area (Å²) in [6.45, 7) is 0.118. The van der Waals surface area contributed by atoms with E-state index in [0.29, 0.717) is 11.3 Å². The van der Waals surface area contributed by atoms with Crippen molar-refractivity contribution in [1.82, 2.24) is 5.32 Å². The Morgan fingerprint density at radius 2 is 1.92 bits per heavy atom. The Labute approximate surface area is 159 Å². The summed E-state index contributed by atoms with van der Waals surface area (Å²) in [5.74, 6) is -0.329. The second-order valence-electron chi connectivity index (χ2n) is 5.25. The number of aliphatic carboxylic acids is 1. The first-order chi connectivity index (χ1) is 12.0. The molecular formula is C18H18INO5. The minimum Gasteiger partial charge on any atom is -0.496 e. The van der Waals surface area contributed by atoms with Crippen LogP contribution in [0.4, 0.5) is 4.79 Å². The number of benzene rings is 2. The van der Waals surface area contributed by atoms with Gasteiger partial charge in [-0.25, -0.2) is 4.79 Å². The molecule has 0 fully saturated rings. The maximum absolute atomic E-state index is 12.0. The van der Waals surface area contributed by atoms with Crippen LogP contribution in [0.3, 0.4) is 0 Å². The van der Waals surface area contributed by atoms with Crippen LogP contribution in [-0.4, -0.2) is 24.3 Å². The van der Waals surface area contributed by atoms with E-state index in [1.54, 1.807) is 25.3 Å². The summed E-state index contributed by atoms with van der Waals surface area (Å²) >= 11 is 2.09. The van der Waals surface area contributed by atoms with Crippen molar-refractivity contribution < 1.29 is 24.2 Å². The van der Waals surface area contributed by atoms with Gasteiger partial charge in [-0.2, -0.15) is 0 Å². The van der Waals surface area contributed by atoms with Crippen LogP contribution in [0.5, 0.6) is 5.75 Å². The van der Waals surface area contributed by atoms with Crippen LogP contribution in [0.1, 0.15) is 23.6 Å².